The fourth-order valence-electron chi connectivity index (χ4n) is 0.667. The van der Waals surface area contributed by atoms with Crippen LogP contribution in [0.15, 0.2) is 24.8 Å². The van der Waals surface area contributed by atoms with Crippen LogP contribution in [0.3, 0.4) is 0 Å². The average Bonchev–Trinajstić information content (AvgIpc) is 1.85. The van der Waals surface area contributed by atoms with E-state index in [1.165, 1.54) is 0 Å². The minimum Gasteiger partial charge on any atom is -0.386 e. The maximum atomic E-state index is 9.29. The fourth-order valence-corrected chi connectivity index (χ4v) is 0.667. The van der Waals surface area contributed by atoms with Crippen molar-refractivity contribution < 1.29 is 5.11 Å². The van der Waals surface area contributed by atoms with Gasteiger partial charge >= 0.3 is 0 Å². The molecule has 0 radical (unpaired) electrons. The van der Waals surface area contributed by atoms with Crippen molar-refractivity contribution in [3.05, 3.63) is 24.8 Å². The number of hydrogen-bond acceptors (Lipinski definition) is 1. The van der Waals surface area contributed by atoms with Gasteiger partial charge in [0, 0.05) is 0 Å². The summed E-state index contributed by atoms with van der Waals surface area (Å²) in [7, 11) is 0. The topological polar surface area (TPSA) is 20.2 Å². The third-order valence-corrected chi connectivity index (χ3v) is 1.44. The molecule has 0 aliphatic carbocycles. The number of hydrogen-bond donors (Lipinski definition) is 1. The summed E-state index contributed by atoms with van der Waals surface area (Å²) in [6, 6.07) is 0. The highest BCUT2D eigenvalue weighted by Crippen LogP contribution is 2.07. The third kappa shape index (κ3) is 7.34. The lowest BCUT2D eigenvalue weighted by molar-refractivity contribution is 0.133. The highest BCUT2D eigenvalue weighted by Gasteiger charge is 2.05. The van der Waals surface area contributed by atoms with Gasteiger partial charge in [0.2, 0.25) is 0 Å². The van der Waals surface area contributed by atoms with Crippen molar-refractivity contribution >= 4 is 0 Å². The van der Waals surface area contributed by atoms with Gasteiger partial charge in [0.15, 0.2) is 0 Å². The van der Waals surface area contributed by atoms with Crippen LogP contribution >= 0.6 is 0 Å². The minimum absolute atomic E-state index is 0.494. The zero-order valence-corrected chi connectivity index (χ0v) is 7.67. The largest absolute Gasteiger partial charge is 0.386 e. The molecule has 0 rings (SSSR count). The molecule has 64 valence electrons. The van der Waals surface area contributed by atoms with Crippen molar-refractivity contribution in [2.45, 2.75) is 32.8 Å². The first-order chi connectivity index (χ1) is 4.95. The van der Waals surface area contributed by atoms with Crippen LogP contribution in [0.2, 0.25) is 0 Å². The second-order valence-corrected chi connectivity index (χ2v) is 3.50. The van der Waals surface area contributed by atoms with E-state index in [0.717, 1.165) is 6.42 Å². The molecular formula is C10H18O. The highest BCUT2D eigenvalue weighted by molar-refractivity contribution is 4.97. The van der Waals surface area contributed by atoms with Crippen LogP contribution < -0.4 is 0 Å². The standard InChI is InChI=1S/C10H18O/c1-5-9(2)7-6-8-10(3,4)11/h5-6,8-9,11H,1,7H2,2-4H3/b8-6+/t9-/m0/s1. The predicted molar refractivity (Wildman–Crippen MR) is 49.4 cm³/mol. The molecule has 11 heavy (non-hydrogen) atoms. The molecule has 0 heterocycles. The van der Waals surface area contributed by atoms with E-state index < -0.39 is 5.60 Å². The quantitative estimate of drug-likeness (QED) is 0.617. The van der Waals surface area contributed by atoms with Crippen molar-refractivity contribution in [3.8, 4) is 0 Å². The van der Waals surface area contributed by atoms with Crippen molar-refractivity contribution in [1.29, 1.82) is 0 Å². The molecule has 0 aliphatic heterocycles. The molecule has 1 atom stereocenters. The Kier molecular flexibility index (Phi) is 4.12. The Bertz CT molecular complexity index is 139. The molecule has 0 aromatic heterocycles. The van der Waals surface area contributed by atoms with Gasteiger partial charge in [0.1, 0.15) is 0 Å². The molecule has 1 nitrogen and oxygen atoms in total. The zero-order valence-electron chi connectivity index (χ0n) is 7.67. The highest BCUT2D eigenvalue weighted by atomic mass is 16.3. The van der Waals surface area contributed by atoms with E-state index in [1.807, 2.05) is 18.2 Å². The molecule has 0 saturated carbocycles. The van der Waals surface area contributed by atoms with Crippen molar-refractivity contribution in [2.24, 2.45) is 5.92 Å². The fraction of sp³-hybridized carbons (Fsp3) is 0.600. The van der Waals surface area contributed by atoms with Gasteiger partial charge in [0.25, 0.3) is 0 Å². The minimum atomic E-state index is -0.680. The van der Waals surface area contributed by atoms with E-state index in [-0.39, 0.29) is 0 Å². The summed E-state index contributed by atoms with van der Waals surface area (Å²) in [6.45, 7) is 9.31. The normalized spacial score (nSPS) is 15.3. The zero-order chi connectivity index (χ0) is 8.91. The number of allylic oxidation sites excluding steroid dienone is 2. The Morgan fingerprint density at radius 2 is 2.09 bits per heavy atom. The number of aliphatic hydroxyl groups is 1. The first-order valence-electron chi connectivity index (χ1n) is 3.98. The summed E-state index contributed by atoms with van der Waals surface area (Å²) in [5.74, 6) is 0.494. The maximum absolute atomic E-state index is 9.29. The SMILES string of the molecule is C=C[C@H](C)C/C=C/C(C)(C)O. The van der Waals surface area contributed by atoms with Crippen molar-refractivity contribution in [1.82, 2.24) is 0 Å². The van der Waals surface area contributed by atoms with Gasteiger partial charge in [-0.1, -0.05) is 25.2 Å². The van der Waals surface area contributed by atoms with Crippen molar-refractivity contribution in [2.75, 3.05) is 0 Å². The van der Waals surface area contributed by atoms with Gasteiger partial charge in [-0.3, -0.25) is 0 Å². The molecule has 0 unspecified atom stereocenters. The summed E-state index contributed by atoms with van der Waals surface area (Å²) in [5, 5.41) is 9.29. The summed E-state index contributed by atoms with van der Waals surface area (Å²) in [4.78, 5) is 0. The Morgan fingerprint density at radius 1 is 1.55 bits per heavy atom. The monoisotopic (exact) mass is 154 g/mol. The summed E-state index contributed by atoms with van der Waals surface area (Å²) in [5.41, 5.74) is -0.680. The summed E-state index contributed by atoms with van der Waals surface area (Å²) >= 11 is 0. The van der Waals surface area contributed by atoms with Gasteiger partial charge < -0.3 is 5.11 Å². The van der Waals surface area contributed by atoms with Crippen LogP contribution in [0.1, 0.15) is 27.2 Å². The molecule has 1 N–H and O–H groups in total. The van der Waals surface area contributed by atoms with E-state index in [1.54, 1.807) is 13.8 Å². The molecule has 1 heteroatoms. The summed E-state index contributed by atoms with van der Waals surface area (Å²) < 4.78 is 0. The third-order valence-electron chi connectivity index (χ3n) is 1.44. The number of rotatable bonds is 4. The molecule has 0 bridgehead atoms. The molecule has 0 aromatic rings. The first kappa shape index (κ1) is 10.4. The van der Waals surface area contributed by atoms with Crippen LogP contribution in [-0.2, 0) is 0 Å². The van der Waals surface area contributed by atoms with Gasteiger partial charge in [-0.15, -0.1) is 6.58 Å². The Labute approximate surface area is 69.4 Å². The van der Waals surface area contributed by atoms with E-state index in [2.05, 4.69) is 13.5 Å². The van der Waals surface area contributed by atoms with E-state index in [4.69, 9.17) is 0 Å². The van der Waals surface area contributed by atoms with Crippen LogP contribution in [0.25, 0.3) is 0 Å². The lowest BCUT2D eigenvalue weighted by atomic mass is 10.0. The van der Waals surface area contributed by atoms with Crippen LogP contribution in [-0.4, -0.2) is 10.7 Å². The lowest BCUT2D eigenvalue weighted by Gasteiger charge is -2.10. The van der Waals surface area contributed by atoms with Gasteiger partial charge in [-0.25, -0.2) is 0 Å². The second kappa shape index (κ2) is 4.35. The predicted octanol–water partition coefficient (Wildman–Crippen LogP) is 2.53. The average molecular weight is 154 g/mol. The van der Waals surface area contributed by atoms with E-state index >= 15 is 0 Å². The van der Waals surface area contributed by atoms with Crippen molar-refractivity contribution in [3.63, 3.8) is 0 Å². The summed E-state index contributed by atoms with van der Waals surface area (Å²) in [6.07, 6.45) is 6.67. The Hall–Kier alpha value is -0.560. The lowest BCUT2D eigenvalue weighted by Crippen LogP contribution is -2.13. The van der Waals surface area contributed by atoms with Gasteiger partial charge in [-0.2, -0.15) is 0 Å². The Morgan fingerprint density at radius 3 is 2.45 bits per heavy atom. The smallest absolute Gasteiger partial charge is 0.0771 e. The first-order valence-corrected chi connectivity index (χ1v) is 3.98. The molecule has 0 fully saturated rings. The van der Waals surface area contributed by atoms with Crippen LogP contribution in [0.4, 0.5) is 0 Å². The molecule has 0 aliphatic rings. The van der Waals surface area contributed by atoms with Gasteiger partial charge in [-0.05, 0) is 26.2 Å². The maximum Gasteiger partial charge on any atom is 0.0771 e. The molecule has 0 saturated heterocycles. The van der Waals surface area contributed by atoms with E-state index in [0.29, 0.717) is 5.92 Å². The van der Waals surface area contributed by atoms with Gasteiger partial charge in [0.05, 0.1) is 5.60 Å². The second-order valence-electron chi connectivity index (χ2n) is 3.50. The molecule has 0 spiro atoms. The molecule has 0 aromatic carbocycles. The van der Waals surface area contributed by atoms with Crippen LogP contribution in [0.5, 0.6) is 0 Å². The molecule has 0 amide bonds. The van der Waals surface area contributed by atoms with E-state index in [9.17, 15) is 5.11 Å². The Balaban J connectivity index is 3.69. The molecular weight excluding hydrogens is 136 g/mol. The van der Waals surface area contributed by atoms with Crippen LogP contribution in [0, 0.1) is 5.92 Å².